The summed E-state index contributed by atoms with van der Waals surface area (Å²) in [7, 11) is 1.65. The molecule has 0 unspecified atom stereocenters. The molecule has 0 amide bonds. The van der Waals surface area contributed by atoms with Crippen molar-refractivity contribution < 1.29 is 4.74 Å². The third-order valence-corrected chi connectivity index (χ3v) is 2.62. The van der Waals surface area contributed by atoms with E-state index in [1.165, 1.54) is 0 Å². The Hall–Kier alpha value is -2.37. The molecule has 6 heteroatoms. The van der Waals surface area contributed by atoms with Crippen molar-refractivity contribution in [3.05, 3.63) is 29.6 Å². The zero-order valence-corrected chi connectivity index (χ0v) is 12.2. The van der Waals surface area contributed by atoms with E-state index in [9.17, 15) is 0 Å². The monoisotopic (exact) mass is 273 g/mol. The molecular formula is C14H19N5O. The van der Waals surface area contributed by atoms with Crippen LogP contribution in [0.2, 0.25) is 0 Å². The first-order valence-electron chi connectivity index (χ1n) is 6.50. The molecule has 1 heterocycles. The van der Waals surface area contributed by atoms with E-state index >= 15 is 0 Å². The van der Waals surface area contributed by atoms with Gasteiger partial charge >= 0.3 is 0 Å². The smallest absolute Gasteiger partial charge is 0.232 e. The molecular weight excluding hydrogens is 254 g/mol. The molecule has 2 rings (SSSR count). The minimum Gasteiger partial charge on any atom is -0.497 e. The SMILES string of the molecule is CCNc1nc(C)nc(Nc2cc(C)cc(OC)c2)n1. The molecule has 1 aromatic carbocycles. The molecule has 0 fully saturated rings. The summed E-state index contributed by atoms with van der Waals surface area (Å²) in [5, 5.41) is 6.26. The highest BCUT2D eigenvalue weighted by molar-refractivity contribution is 5.58. The lowest BCUT2D eigenvalue weighted by Crippen LogP contribution is -2.07. The normalized spacial score (nSPS) is 10.2. The third kappa shape index (κ3) is 3.57. The predicted molar refractivity (Wildman–Crippen MR) is 79.7 cm³/mol. The van der Waals surface area contributed by atoms with Gasteiger partial charge in [-0.1, -0.05) is 0 Å². The van der Waals surface area contributed by atoms with Crippen molar-refractivity contribution >= 4 is 17.6 Å². The molecule has 0 aliphatic rings. The van der Waals surface area contributed by atoms with E-state index in [4.69, 9.17) is 4.74 Å². The maximum atomic E-state index is 5.25. The number of nitrogens with one attached hydrogen (secondary N) is 2. The summed E-state index contributed by atoms with van der Waals surface area (Å²) in [4.78, 5) is 12.8. The lowest BCUT2D eigenvalue weighted by Gasteiger charge is -2.10. The van der Waals surface area contributed by atoms with Gasteiger partial charge in [-0.15, -0.1) is 0 Å². The Labute approximate surface area is 118 Å². The van der Waals surface area contributed by atoms with Gasteiger partial charge in [0, 0.05) is 18.3 Å². The van der Waals surface area contributed by atoms with E-state index in [1.54, 1.807) is 7.11 Å². The maximum Gasteiger partial charge on any atom is 0.232 e. The molecule has 0 radical (unpaired) electrons. The van der Waals surface area contributed by atoms with Crippen molar-refractivity contribution in [2.24, 2.45) is 0 Å². The van der Waals surface area contributed by atoms with Crippen LogP contribution in [0, 0.1) is 13.8 Å². The Kier molecular flexibility index (Phi) is 4.34. The molecule has 1 aromatic heterocycles. The zero-order valence-electron chi connectivity index (χ0n) is 12.2. The summed E-state index contributed by atoms with van der Waals surface area (Å²) < 4.78 is 5.25. The van der Waals surface area contributed by atoms with Crippen molar-refractivity contribution in [1.29, 1.82) is 0 Å². The highest BCUT2D eigenvalue weighted by atomic mass is 16.5. The van der Waals surface area contributed by atoms with E-state index in [2.05, 4.69) is 25.6 Å². The maximum absolute atomic E-state index is 5.25. The lowest BCUT2D eigenvalue weighted by molar-refractivity contribution is 0.414. The summed E-state index contributed by atoms with van der Waals surface area (Å²) in [5.41, 5.74) is 1.99. The van der Waals surface area contributed by atoms with Crippen LogP contribution in [-0.2, 0) is 0 Å². The summed E-state index contributed by atoms with van der Waals surface area (Å²) in [6.07, 6.45) is 0. The molecule has 0 aliphatic heterocycles. The number of methoxy groups -OCH3 is 1. The summed E-state index contributed by atoms with van der Waals surface area (Å²) in [6, 6.07) is 5.88. The summed E-state index contributed by atoms with van der Waals surface area (Å²) in [6.45, 7) is 6.61. The van der Waals surface area contributed by atoms with Crippen LogP contribution in [0.15, 0.2) is 18.2 Å². The average Bonchev–Trinajstić information content (AvgIpc) is 2.37. The number of nitrogens with zero attached hydrogens (tertiary/aromatic N) is 3. The van der Waals surface area contributed by atoms with Crippen LogP contribution in [-0.4, -0.2) is 28.6 Å². The zero-order chi connectivity index (χ0) is 14.5. The quantitative estimate of drug-likeness (QED) is 0.872. The number of hydrogen-bond donors (Lipinski definition) is 2. The van der Waals surface area contributed by atoms with E-state index in [1.807, 2.05) is 39.0 Å². The van der Waals surface area contributed by atoms with Crippen LogP contribution < -0.4 is 15.4 Å². The Bertz CT molecular complexity index is 600. The topological polar surface area (TPSA) is 72.0 Å². The van der Waals surface area contributed by atoms with E-state index in [-0.39, 0.29) is 0 Å². The predicted octanol–water partition coefficient (Wildman–Crippen LogP) is 2.67. The van der Waals surface area contributed by atoms with Gasteiger partial charge in [0.2, 0.25) is 11.9 Å². The van der Waals surface area contributed by atoms with Crippen LogP contribution in [0.3, 0.4) is 0 Å². The van der Waals surface area contributed by atoms with Gasteiger partial charge in [-0.05, 0) is 38.5 Å². The molecule has 0 bridgehead atoms. The number of ether oxygens (including phenoxy) is 1. The molecule has 20 heavy (non-hydrogen) atoms. The van der Waals surface area contributed by atoms with Crippen molar-refractivity contribution in [3.8, 4) is 5.75 Å². The lowest BCUT2D eigenvalue weighted by atomic mass is 10.2. The van der Waals surface area contributed by atoms with E-state index in [0.717, 1.165) is 23.5 Å². The second-order valence-corrected chi connectivity index (χ2v) is 4.42. The number of aromatic nitrogens is 3. The number of hydrogen-bond acceptors (Lipinski definition) is 6. The highest BCUT2D eigenvalue weighted by Gasteiger charge is 2.05. The Morgan fingerprint density at radius 2 is 1.80 bits per heavy atom. The van der Waals surface area contributed by atoms with Crippen LogP contribution in [0.5, 0.6) is 5.75 Å². The summed E-state index contributed by atoms with van der Waals surface area (Å²) >= 11 is 0. The van der Waals surface area contributed by atoms with Crippen molar-refractivity contribution in [2.75, 3.05) is 24.3 Å². The fraction of sp³-hybridized carbons (Fsp3) is 0.357. The second-order valence-electron chi connectivity index (χ2n) is 4.42. The first-order chi connectivity index (χ1) is 9.60. The standard InChI is InChI=1S/C14H19N5O/c1-5-15-13-16-10(3)17-14(19-13)18-11-6-9(2)7-12(8-11)20-4/h6-8H,5H2,1-4H3,(H2,15,16,17,18,19). The molecule has 0 aliphatic carbocycles. The average molecular weight is 273 g/mol. The minimum absolute atomic E-state index is 0.515. The van der Waals surface area contributed by atoms with Gasteiger partial charge in [0.25, 0.3) is 0 Å². The van der Waals surface area contributed by atoms with Crippen molar-refractivity contribution in [1.82, 2.24) is 15.0 Å². The van der Waals surface area contributed by atoms with Gasteiger partial charge in [-0.25, -0.2) is 0 Å². The van der Waals surface area contributed by atoms with Gasteiger partial charge in [-0.3, -0.25) is 0 Å². The fourth-order valence-corrected chi connectivity index (χ4v) is 1.84. The fourth-order valence-electron chi connectivity index (χ4n) is 1.84. The van der Waals surface area contributed by atoms with Gasteiger partial charge in [0.05, 0.1) is 7.11 Å². The molecule has 0 saturated heterocycles. The number of rotatable bonds is 5. The third-order valence-electron chi connectivity index (χ3n) is 2.62. The highest BCUT2D eigenvalue weighted by Crippen LogP contribution is 2.22. The van der Waals surface area contributed by atoms with Crippen molar-refractivity contribution in [3.63, 3.8) is 0 Å². The Balaban J connectivity index is 2.27. The molecule has 0 saturated carbocycles. The number of anilines is 3. The Morgan fingerprint density at radius 1 is 1.05 bits per heavy atom. The molecule has 0 spiro atoms. The van der Waals surface area contributed by atoms with Crippen LogP contribution in [0.1, 0.15) is 18.3 Å². The molecule has 106 valence electrons. The van der Waals surface area contributed by atoms with Crippen LogP contribution in [0.4, 0.5) is 17.6 Å². The van der Waals surface area contributed by atoms with Gasteiger partial charge < -0.3 is 15.4 Å². The largest absolute Gasteiger partial charge is 0.497 e. The number of benzene rings is 1. The first-order valence-corrected chi connectivity index (χ1v) is 6.50. The van der Waals surface area contributed by atoms with Gasteiger partial charge in [0.15, 0.2) is 0 Å². The van der Waals surface area contributed by atoms with Crippen LogP contribution in [0.25, 0.3) is 0 Å². The molecule has 2 N–H and O–H groups in total. The second kappa shape index (κ2) is 6.18. The van der Waals surface area contributed by atoms with Crippen LogP contribution >= 0.6 is 0 Å². The van der Waals surface area contributed by atoms with E-state index < -0.39 is 0 Å². The van der Waals surface area contributed by atoms with Gasteiger partial charge in [-0.2, -0.15) is 15.0 Å². The van der Waals surface area contributed by atoms with Crippen molar-refractivity contribution in [2.45, 2.75) is 20.8 Å². The molecule has 2 aromatic rings. The molecule has 0 atom stereocenters. The van der Waals surface area contributed by atoms with Gasteiger partial charge in [0.1, 0.15) is 11.6 Å². The minimum atomic E-state index is 0.515. The first kappa shape index (κ1) is 14.0. The Morgan fingerprint density at radius 3 is 2.50 bits per heavy atom. The van der Waals surface area contributed by atoms with E-state index in [0.29, 0.717) is 17.7 Å². The number of aryl methyl sites for hydroxylation is 2. The summed E-state index contributed by atoms with van der Waals surface area (Å²) in [5.74, 6) is 2.55. The molecule has 6 nitrogen and oxygen atoms in total.